The van der Waals surface area contributed by atoms with Crippen molar-refractivity contribution in [2.75, 3.05) is 4.90 Å². The van der Waals surface area contributed by atoms with Crippen LogP contribution in [0.1, 0.15) is 120 Å². The highest BCUT2D eigenvalue weighted by atomic mass is 16.2. The average molecular weight is 600 g/mol. The number of hydrogen-bond donors (Lipinski definition) is 2. The molecule has 238 valence electrons. The van der Waals surface area contributed by atoms with Crippen molar-refractivity contribution in [3.63, 3.8) is 0 Å². The Morgan fingerprint density at radius 1 is 0.886 bits per heavy atom. The molecular weight excluding hydrogens is 546 g/mol. The van der Waals surface area contributed by atoms with Crippen molar-refractivity contribution in [1.82, 2.24) is 10.3 Å². The maximum absolute atomic E-state index is 14.8. The quantitative estimate of drug-likeness (QED) is 0.335. The molecule has 1 heterocycles. The summed E-state index contributed by atoms with van der Waals surface area (Å²) in [4.78, 5) is 29.2. The molecule has 3 aliphatic rings. The molecule has 3 N–H and O–H groups in total. The Kier molecular flexibility index (Phi) is 11.1. The van der Waals surface area contributed by atoms with Crippen molar-refractivity contribution in [3.8, 4) is 0 Å². The Bertz CT molecular complexity index is 1290. The maximum Gasteiger partial charge on any atom is 0.349 e. The van der Waals surface area contributed by atoms with Gasteiger partial charge in [0.25, 0.3) is 0 Å². The van der Waals surface area contributed by atoms with Crippen LogP contribution in [-0.2, 0) is 11.3 Å². The van der Waals surface area contributed by atoms with Crippen LogP contribution in [0.25, 0.3) is 0 Å². The molecule has 0 aromatic heterocycles. The summed E-state index contributed by atoms with van der Waals surface area (Å²) in [6, 6.07) is 14.0. The van der Waals surface area contributed by atoms with Crippen LogP contribution in [0.2, 0.25) is 0 Å². The molecular formula is C37H53N5O2. The molecule has 2 aromatic rings. The molecule has 2 aliphatic carbocycles. The van der Waals surface area contributed by atoms with Crippen molar-refractivity contribution in [3.05, 3.63) is 59.2 Å². The number of amides is 3. The van der Waals surface area contributed by atoms with Gasteiger partial charge in [0.05, 0.1) is 29.2 Å². The Morgan fingerprint density at radius 3 is 2.11 bits per heavy atom. The summed E-state index contributed by atoms with van der Waals surface area (Å²) in [5, 5.41) is 10.2. The van der Waals surface area contributed by atoms with Crippen LogP contribution in [0.5, 0.6) is 0 Å². The fourth-order valence-electron chi connectivity index (χ4n) is 7.03. The van der Waals surface area contributed by atoms with Crippen molar-refractivity contribution in [2.24, 2.45) is 22.7 Å². The van der Waals surface area contributed by atoms with E-state index in [2.05, 4.69) is 30.4 Å². The van der Waals surface area contributed by atoms with Gasteiger partial charge in [-0.1, -0.05) is 102 Å². The smallest absolute Gasteiger partial charge is 0.349 e. The second-order valence-electron chi connectivity index (χ2n) is 13.7. The Labute approximate surface area is 264 Å². The highest BCUT2D eigenvalue weighted by molar-refractivity contribution is 6.14. The molecule has 2 fully saturated rings. The molecule has 1 unspecified atom stereocenters. The van der Waals surface area contributed by atoms with Gasteiger partial charge in [0, 0.05) is 18.0 Å². The lowest BCUT2D eigenvalue weighted by Gasteiger charge is -2.32. The van der Waals surface area contributed by atoms with Gasteiger partial charge in [0.1, 0.15) is 0 Å². The number of fused-ring (bicyclic) bond motifs is 1. The van der Waals surface area contributed by atoms with Crippen LogP contribution in [0.4, 0.5) is 16.2 Å². The largest absolute Gasteiger partial charge is 0.351 e. The van der Waals surface area contributed by atoms with Crippen molar-refractivity contribution >= 4 is 29.0 Å². The van der Waals surface area contributed by atoms with Gasteiger partial charge >= 0.3 is 6.03 Å². The number of nitrogens with two attached hydrogens (primary N) is 1. The van der Waals surface area contributed by atoms with Gasteiger partial charge in [-0.05, 0) is 67.9 Å². The number of hydrazone groups is 1. The van der Waals surface area contributed by atoms with Crippen molar-refractivity contribution < 1.29 is 9.59 Å². The number of carbonyl (C=O) groups is 2. The Morgan fingerprint density at radius 2 is 1.48 bits per heavy atom. The minimum atomic E-state index is -0.532. The lowest BCUT2D eigenvalue weighted by molar-refractivity contribution is -0.123. The molecule has 5 rings (SSSR count). The third-order valence-corrected chi connectivity index (χ3v) is 9.87. The lowest BCUT2D eigenvalue weighted by Crippen LogP contribution is -2.43. The van der Waals surface area contributed by atoms with Gasteiger partial charge in [0.15, 0.2) is 0 Å². The number of nitrogens with one attached hydrogen (secondary N) is 1. The van der Waals surface area contributed by atoms with E-state index in [1.54, 1.807) is 0 Å². The van der Waals surface area contributed by atoms with E-state index < -0.39 is 6.04 Å². The first-order valence-corrected chi connectivity index (χ1v) is 17.3. The highest BCUT2D eigenvalue weighted by Gasteiger charge is 2.37. The second kappa shape index (κ2) is 15.2. The molecule has 2 saturated carbocycles. The van der Waals surface area contributed by atoms with Crippen LogP contribution in [-0.4, -0.2) is 34.7 Å². The van der Waals surface area contributed by atoms with Gasteiger partial charge in [-0.2, -0.15) is 5.10 Å². The summed E-state index contributed by atoms with van der Waals surface area (Å²) in [5.41, 5.74) is 12.0. The molecule has 2 aromatic carbocycles. The maximum atomic E-state index is 14.8. The number of hydrogen-bond acceptors (Lipinski definition) is 4. The Hall–Kier alpha value is -3.19. The lowest BCUT2D eigenvalue weighted by atomic mass is 9.82. The first kappa shape index (κ1) is 32.2. The second-order valence-corrected chi connectivity index (χ2v) is 13.7. The zero-order chi connectivity index (χ0) is 31.1. The normalized spacial score (nSPS) is 20.1. The molecule has 0 bridgehead atoms. The zero-order valence-corrected chi connectivity index (χ0v) is 27.2. The summed E-state index contributed by atoms with van der Waals surface area (Å²) >= 11 is 0. The van der Waals surface area contributed by atoms with E-state index in [0.29, 0.717) is 12.5 Å². The number of anilines is 2. The third kappa shape index (κ3) is 7.71. The van der Waals surface area contributed by atoms with E-state index in [0.717, 1.165) is 72.3 Å². The Balaban J connectivity index is 1.51. The molecule has 0 radical (unpaired) electrons. The van der Waals surface area contributed by atoms with Gasteiger partial charge in [0.2, 0.25) is 5.91 Å². The zero-order valence-electron chi connectivity index (χ0n) is 27.2. The van der Waals surface area contributed by atoms with E-state index in [-0.39, 0.29) is 23.9 Å². The van der Waals surface area contributed by atoms with E-state index >= 15 is 0 Å². The molecule has 1 aliphatic heterocycles. The van der Waals surface area contributed by atoms with Crippen LogP contribution in [0, 0.1) is 18.8 Å². The molecule has 1 atom stereocenters. The third-order valence-electron chi connectivity index (χ3n) is 9.87. The topological polar surface area (TPSA) is 91.0 Å². The minimum absolute atomic E-state index is 0.0614. The van der Waals surface area contributed by atoms with Gasteiger partial charge in [-0.15, -0.1) is 0 Å². The predicted molar refractivity (Wildman–Crippen MR) is 180 cm³/mol. The number of aryl methyl sites for hydroxylation is 1. The number of urea groups is 1. The fourth-order valence-corrected chi connectivity index (χ4v) is 7.03. The first-order chi connectivity index (χ1) is 21.3. The summed E-state index contributed by atoms with van der Waals surface area (Å²) in [7, 11) is 0. The van der Waals surface area contributed by atoms with Gasteiger partial charge < -0.3 is 11.1 Å². The van der Waals surface area contributed by atoms with Gasteiger partial charge in [-0.25, -0.2) is 9.80 Å². The van der Waals surface area contributed by atoms with E-state index in [1.807, 2.05) is 48.0 Å². The standard InChI is InChI=1S/C37H53N5O2/c1-26(2)34(38)36(43)39-25-28-19-21-30(22-20-28)41-33-24-27(3)18-23-32(33)35(29-14-10-9-11-15-29)40-42(37(41)44)31-16-12-7-5-4-6-8-13-17-31/h18-24,26,29,31,34H,4-17,25,38H2,1-3H3,(H,39,43). The van der Waals surface area contributed by atoms with Gasteiger partial charge in [-0.3, -0.25) is 9.69 Å². The minimum Gasteiger partial charge on any atom is -0.351 e. The van der Waals surface area contributed by atoms with Crippen LogP contribution < -0.4 is 16.0 Å². The van der Waals surface area contributed by atoms with Crippen molar-refractivity contribution in [1.29, 1.82) is 0 Å². The molecule has 0 spiro atoms. The monoisotopic (exact) mass is 599 g/mol. The molecule has 44 heavy (non-hydrogen) atoms. The summed E-state index contributed by atoms with van der Waals surface area (Å²) in [6.07, 6.45) is 16.5. The number of benzene rings is 2. The number of carbonyl (C=O) groups excluding carboxylic acids is 2. The van der Waals surface area contributed by atoms with Crippen molar-refractivity contribution in [2.45, 2.75) is 129 Å². The SMILES string of the molecule is Cc1ccc2c(c1)N(c1ccc(CNC(=O)C(N)C(C)C)cc1)C(=O)N(C1CCCCCCCCC1)N=C2C1CCCCC1. The van der Waals surface area contributed by atoms with E-state index in [4.69, 9.17) is 10.8 Å². The summed E-state index contributed by atoms with van der Waals surface area (Å²) in [5.74, 6) is 0.290. The van der Waals surface area contributed by atoms with E-state index in [9.17, 15) is 9.59 Å². The first-order valence-electron chi connectivity index (χ1n) is 17.3. The number of rotatable bonds is 7. The van der Waals surface area contributed by atoms with Crippen LogP contribution in [0.15, 0.2) is 47.6 Å². The van der Waals surface area contributed by atoms with Crippen LogP contribution in [0.3, 0.4) is 0 Å². The van der Waals surface area contributed by atoms with Crippen LogP contribution >= 0.6 is 0 Å². The average Bonchev–Trinajstić information content (AvgIpc) is 3.16. The molecule has 7 heteroatoms. The van der Waals surface area contributed by atoms with E-state index in [1.165, 1.54) is 51.4 Å². The molecule has 3 amide bonds. The summed E-state index contributed by atoms with van der Waals surface area (Å²) < 4.78 is 0. The molecule has 0 saturated heterocycles. The number of nitrogens with zero attached hydrogens (tertiary/aromatic N) is 3. The fraction of sp³-hybridized carbons (Fsp3) is 0.595. The summed E-state index contributed by atoms with van der Waals surface area (Å²) in [6.45, 7) is 6.39. The predicted octanol–water partition coefficient (Wildman–Crippen LogP) is 8.35. The highest BCUT2D eigenvalue weighted by Crippen LogP contribution is 2.39. The molecule has 7 nitrogen and oxygen atoms in total.